The van der Waals surface area contributed by atoms with Crippen LogP contribution in [0.15, 0.2) is 16.6 Å². The molecule has 0 aromatic heterocycles. The molecule has 1 aliphatic carbocycles. The molecule has 100 valence electrons. The smallest absolute Gasteiger partial charge is 0.139 e. The molecule has 1 aromatic carbocycles. The lowest BCUT2D eigenvalue weighted by Crippen LogP contribution is -2.26. The van der Waals surface area contributed by atoms with E-state index in [0.29, 0.717) is 27.1 Å². The van der Waals surface area contributed by atoms with Gasteiger partial charge in [-0.05, 0) is 40.6 Å². The lowest BCUT2D eigenvalue weighted by molar-refractivity contribution is 0.621. The Bertz CT molecular complexity index is 428. The summed E-state index contributed by atoms with van der Waals surface area (Å²) in [6.45, 7) is 2.17. The zero-order valence-corrected chi connectivity index (χ0v) is 12.8. The minimum absolute atomic E-state index is 0.274. The highest BCUT2D eigenvalue weighted by molar-refractivity contribution is 9.10. The second-order valence-corrected chi connectivity index (χ2v) is 6.90. The first-order valence-electron chi connectivity index (χ1n) is 6.24. The zero-order chi connectivity index (χ0) is 13.1. The maximum atomic E-state index is 13.5. The SMILES string of the molecule is CCSC1CCCC1Nc1cc(F)c(Br)cc1N. The Morgan fingerprint density at radius 1 is 1.50 bits per heavy atom. The molecule has 5 heteroatoms. The second-order valence-electron chi connectivity index (χ2n) is 4.53. The highest BCUT2D eigenvalue weighted by Crippen LogP contribution is 2.34. The number of hydrogen-bond acceptors (Lipinski definition) is 3. The fraction of sp³-hybridized carbons (Fsp3) is 0.538. The molecule has 1 aromatic rings. The number of nitrogen functional groups attached to an aromatic ring is 1. The third-order valence-corrected chi connectivity index (χ3v) is 5.20. The molecule has 1 aliphatic rings. The van der Waals surface area contributed by atoms with Crippen molar-refractivity contribution in [2.45, 2.75) is 37.5 Å². The summed E-state index contributed by atoms with van der Waals surface area (Å²) in [4.78, 5) is 0. The first-order chi connectivity index (χ1) is 8.61. The van der Waals surface area contributed by atoms with Crippen LogP contribution >= 0.6 is 27.7 Å². The molecule has 0 heterocycles. The van der Waals surface area contributed by atoms with Gasteiger partial charge >= 0.3 is 0 Å². The predicted octanol–water partition coefficient (Wildman–Crippen LogP) is 4.26. The molecule has 2 nitrogen and oxygen atoms in total. The minimum Gasteiger partial charge on any atom is -0.397 e. The maximum absolute atomic E-state index is 13.5. The predicted molar refractivity (Wildman–Crippen MR) is 81.7 cm³/mol. The molecular formula is C13H18BrFN2S. The van der Waals surface area contributed by atoms with Crippen molar-refractivity contribution in [3.05, 3.63) is 22.4 Å². The van der Waals surface area contributed by atoms with Crippen molar-refractivity contribution >= 4 is 39.1 Å². The average Bonchev–Trinajstić information content (AvgIpc) is 2.74. The van der Waals surface area contributed by atoms with Gasteiger partial charge in [0.15, 0.2) is 0 Å². The van der Waals surface area contributed by atoms with Gasteiger partial charge in [0.25, 0.3) is 0 Å². The van der Waals surface area contributed by atoms with E-state index in [1.54, 1.807) is 6.07 Å². The van der Waals surface area contributed by atoms with E-state index in [4.69, 9.17) is 5.73 Å². The van der Waals surface area contributed by atoms with Gasteiger partial charge in [0.1, 0.15) is 5.82 Å². The van der Waals surface area contributed by atoms with Crippen molar-refractivity contribution in [1.82, 2.24) is 0 Å². The van der Waals surface area contributed by atoms with E-state index in [2.05, 4.69) is 28.2 Å². The number of anilines is 2. The number of halogens is 2. The molecule has 2 unspecified atom stereocenters. The summed E-state index contributed by atoms with van der Waals surface area (Å²) in [5, 5.41) is 4.02. The Balaban J connectivity index is 2.11. The Hall–Kier alpha value is -0.420. The average molecular weight is 333 g/mol. The van der Waals surface area contributed by atoms with E-state index in [1.165, 1.54) is 18.9 Å². The van der Waals surface area contributed by atoms with Gasteiger partial charge in [-0.15, -0.1) is 0 Å². The second kappa shape index (κ2) is 6.15. The van der Waals surface area contributed by atoms with Crippen molar-refractivity contribution in [2.24, 2.45) is 0 Å². The van der Waals surface area contributed by atoms with Crippen LogP contribution in [0.4, 0.5) is 15.8 Å². The quantitative estimate of drug-likeness (QED) is 0.809. The molecule has 0 saturated heterocycles. The lowest BCUT2D eigenvalue weighted by atomic mass is 10.2. The van der Waals surface area contributed by atoms with Gasteiger partial charge in [0.2, 0.25) is 0 Å². The Morgan fingerprint density at radius 3 is 3.00 bits per heavy atom. The number of benzene rings is 1. The van der Waals surface area contributed by atoms with Crippen LogP contribution in [0.1, 0.15) is 26.2 Å². The summed E-state index contributed by atoms with van der Waals surface area (Å²) in [5.74, 6) is 0.844. The van der Waals surface area contributed by atoms with Crippen molar-refractivity contribution in [3.8, 4) is 0 Å². The highest BCUT2D eigenvalue weighted by atomic mass is 79.9. The molecule has 2 atom stereocenters. The number of nitrogens with one attached hydrogen (secondary N) is 1. The molecule has 2 rings (SSSR count). The molecule has 18 heavy (non-hydrogen) atoms. The molecular weight excluding hydrogens is 315 g/mol. The first kappa shape index (κ1) is 14.0. The van der Waals surface area contributed by atoms with E-state index in [0.717, 1.165) is 12.2 Å². The van der Waals surface area contributed by atoms with Crippen molar-refractivity contribution in [1.29, 1.82) is 0 Å². The highest BCUT2D eigenvalue weighted by Gasteiger charge is 2.27. The van der Waals surface area contributed by atoms with Crippen molar-refractivity contribution in [2.75, 3.05) is 16.8 Å². The topological polar surface area (TPSA) is 38.0 Å². The zero-order valence-electron chi connectivity index (χ0n) is 10.4. The van der Waals surface area contributed by atoms with Gasteiger partial charge in [-0.1, -0.05) is 13.3 Å². The fourth-order valence-electron chi connectivity index (χ4n) is 2.39. The van der Waals surface area contributed by atoms with Crippen LogP contribution in [0.3, 0.4) is 0 Å². The summed E-state index contributed by atoms with van der Waals surface area (Å²) < 4.78 is 13.9. The van der Waals surface area contributed by atoms with Crippen LogP contribution in [-0.2, 0) is 0 Å². The summed E-state index contributed by atoms with van der Waals surface area (Å²) in [7, 11) is 0. The summed E-state index contributed by atoms with van der Waals surface area (Å²) in [6, 6.07) is 3.50. The molecule has 0 amide bonds. The summed E-state index contributed by atoms with van der Waals surface area (Å²) in [6.07, 6.45) is 3.60. The Kier molecular flexibility index (Phi) is 4.78. The van der Waals surface area contributed by atoms with Gasteiger partial charge in [-0.3, -0.25) is 0 Å². The number of rotatable bonds is 4. The van der Waals surface area contributed by atoms with Gasteiger partial charge in [-0.2, -0.15) is 11.8 Å². The normalized spacial score (nSPS) is 23.3. The van der Waals surface area contributed by atoms with Crippen LogP contribution in [0.25, 0.3) is 0 Å². The minimum atomic E-state index is -0.274. The number of nitrogens with two attached hydrogens (primary N) is 1. The maximum Gasteiger partial charge on any atom is 0.139 e. The Morgan fingerprint density at radius 2 is 2.28 bits per heavy atom. The molecule has 0 bridgehead atoms. The summed E-state index contributed by atoms with van der Waals surface area (Å²) in [5.41, 5.74) is 7.23. The largest absolute Gasteiger partial charge is 0.397 e. The van der Waals surface area contributed by atoms with Crippen LogP contribution < -0.4 is 11.1 Å². The lowest BCUT2D eigenvalue weighted by Gasteiger charge is -2.22. The van der Waals surface area contributed by atoms with E-state index < -0.39 is 0 Å². The van der Waals surface area contributed by atoms with Crippen LogP contribution in [0.5, 0.6) is 0 Å². The van der Waals surface area contributed by atoms with Crippen LogP contribution in [-0.4, -0.2) is 17.0 Å². The van der Waals surface area contributed by atoms with Crippen LogP contribution in [0, 0.1) is 5.82 Å². The van der Waals surface area contributed by atoms with E-state index in [1.807, 2.05) is 11.8 Å². The number of thioether (sulfide) groups is 1. The van der Waals surface area contributed by atoms with Crippen molar-refractivity contribution in [3.63, 3.8) is 0 Å². The molecule has 1 saturated carbocycles. The molecule has 3 N–H and O–H groups in total. The molecule has 0 spiro atoms. The monoisotopic (exact) mass is 332 g/mol. The van der Waals surface area contributed by atoms with E-state index >= 15 is 0 Å². The summed E-state index contributed by atoms with van der Waals surface area (Å²) >= 11 is 5.12. The van der Waals surface area contributed by atoms with Gasteiger partial charge < -0.3 is 11.1 Å². The standard InChI is InChI=1S/C13H18BrFN2S/c1-2-18-13-5-3-4-11(13)17-12-7-9(15)8(14)6-10(12)16/h6-7,11,13,17H,2-5,16H2,1H3. The van der Waals surface area contributed by atoms with Crippen molar-refractivity contribution < 1.29 is 4.39 Å². The molecule has 0 radical (unpaired) electrons. The van der Waals surface area contributed by atoms with E-state index in [-0.39, 0.29) is 5.82 Å². The fourth-order valence-corrected chi connectivity index (χ4v) is 3.95. The van der Waals surface area contributed by atoms with E-state index in [9.17, 15) is 4.39 Å². The van der Waals surface area contributed by atoms with Gasteiger partial charge in [0, 0.05) is 17.4 Å². The van der Waals surface area contributed by atoms with Gasteiger partial charge in [-0.25, -0.2) is 4.39 Å². The van der Waals surface area contributed by atoms with Gasteiger partial charge in [0.05, 0.1) is 15.8 Å². The first-order valence-corrected chi connectivity index (χ1v) is 8.08. The Labute approximate surface area is 120 Å². The third-order valence-electron chi connectivity index (χ3n) is 3.27. The van der Waals surface area contributed by atoms with Crippen LogP contribution in [0.2, 0.25) is 0 Å². The number of hydrogen-bond donors (Lipinski definition) is 2. The molecule has 0 aliphatic heterocycles. The third kappa shape index (κ3) is 3.12. The molecule has 1 fully saturated rings.